The molecule has 0 radical (unpaired) electrons. The SMILES string of the molecule is O=C(O)c1cc2c(cc1Cl)CCC2. The van der Waals surface area contributed by atoms with Crippen molar-refractivity contribution in [2.45, 2.75) is 19.3 Å². The van der Waals surface area contributed by atoms with Crippen LogP contribution < -0.4 is 0 Å². The third-order valence-corrected chi connectivity index (χ3v) is 2.72. The first-order valence-electron chi connectivity index (χ1n) is 4.23. The Morgan fingerprint density at radius 1 is 1.31 bits per heavy atom. The first-order chi connectivity index (χ1) is 6.18. The molecule has 1 aliphatic carbocycles. The maximum Gasteiger partial charge on any atom is 0.337 e. The zero-order valence-electron chi connectivity index (χ0n) is 7.01. The van der Waals surface area contributed by atoms with Crippen LogP contribution in [0.2, 0.25) is 5.02 Å². The minimum Gasteiger partial charge on any atom is -0.478 e. The molecule has 13 heavy (non-hydrogen) atoms. The van der Waals surface area contributed by atoms with E-state index in [0.717, 1.165) is 24.8 Å². The molecule has 0 saturated carbocycles. The summed E-state index contributed by atoms with van der Waals surface area (Å²) in [6.45, 7) is 0. The van der Waals surface area contributed by atoms with Gasteiger partial charge in [-0.1, -0.05) is 11.6 Å². The van der Waals surface area contributed by atoms with E-state index in [1.54, 1.807) is 12.1 Å². The lowest BCUT2D eigenvalue weighted by molar-refractivity contribution is 0.0697. The summed E-state index contributed by atoms with van der Waals surface area (Å²) in [6.07, 6.45) is 3.11. The fourth-order valence-electron chi connectivity index (χ4n) is 1.76. The third-order valence-electron chi connectivity index (χ3n) is 2.41. The number of hydrogen-bond donors (Lipinski definition) is 1. The van der Waals surface area contributed by atoms with E-state index < -0.39 is 5.97 Å². The topological polar surface area (TPSA) is 37.3 Å². The summed E-state index contributed by atoms with van der Waals surface area (Å²) in [5, 5.41) is 9.17. The third kappa shape index (κ3) is 1.42. The molecule has 1 aromatic carbocycles. The van der Waals surface area contributed by atoms with Crippen molar-refractivity contribution in [3.05, 3.63) is 33.8 Å². The summed E-state index contributed by atoms with van der Waals surface area (Å²) < 4.78 is 0. The predicted molar refractivity (Wildman–Crippen MR) is 50.4 cm³/mol. The Balaban J connectivity index is 2.55. The standard InChI is InChI=1S/C10H9ClO2/c11-9-5-7-3-1-2-6(7)4-8(9)10(12)13/h4-5H,1-3H2,(H,12,13). The summed E-state index contributed by atoms with van der Waals surface area (Å²) >= 11 is 5.82. The van der Waals surface area contributed by atoms with E-state index in [4.69, 9.17) is 16.7 Å². The van der Waals surface area contributed by atoms with Crippen molar-refractivity contribution in [3.63, 3.8) is 0 Å². The first kappa shape index (κ1) is 8.57. The Labute approximate surface area is 81.1 Å². The number of aryl methyl sites for hydroxylation is 2. The van der Waals surface area contributed by atoms with Gasteiger partial charge in [0.05, 0.1) is 10.6 Å². The Hall–Kier alpha value is -1.02. The molecule has 1 aromatic rings. The van der Waals surface area contributed by atoms with Crippen LogP contribution in [-0.2, 0) is 12.8 Å². The van der Waals surface area contributed by atoms with Crippen LogP contribution >= 0.6 is 11.6 Å². The van der Waals surface area contributed by atoms with Crippen LogP contribution in [0, 0.1) is 0 Å². The van der Waals surface area contributed by atoms with Gasteiger partial charge in [0.15, 0.2) is 0 Å². The van der Waals surface area contributed by atoms with Crippen LogP contribution in [-0.4, -0.2) is 11.1 Å². The minimum atomic E-state index is -0.945. The van der Waals surface area contributed by atoms with Crippen molar-refractivity contribution in [2.75, 3.05) is 0 Å². The molecule has 3 heteroatoms. The second-order valence-corrected chi connectivity index (χ2v) is 3.67. The van der Waals surface area contributed by atoms with Crippen molar-refractivity contribution in [3.8, 4) is 0 Å². The lowest BCUT2D eigenvalue weighted by Crippen LogP contribution is -1.99. The van der Waals surface area contributed by atoms with Crippen molar-refractivity contribution in [1.82, 2.24) is 0 Å². The molecule has 0 fully saturated rings. The smallest absolute Gasteiger partial charge is 0.337 e. The van der Waals surface area contributed by atoms with Gasteiger partial charge in [0, 0.05) is 0 Å². The second kappa shape index (κ2) is 3.04. The van der Waals surface area contributed by atoms with Gasteiger partial charge in [-0.15, -0.1) is 0 Å². The van der Waals surface area contributed by atoms with Crippen molar-refractivity contribution in [1.29, 1.82) is 0 Å². The average Bonchev–Trinajstić information content (AvgIpc) is 2.48. The Kier molecular flexibility index (Phi) is 2.00. The van der Waals surface area contributed by atoms with Gasteiger partial charge in [0.1, 0.15) is 0 Å². The Bertz CT molecular complexity index is 371. The van der Waals surface area contributed by atoms with E-state index in [9.17, 15) is 4.79 Å². The monoisotopic (exact) mass is 196 g/mol. The molecule has 0 spiro atoms. The highest BCUT2D eigenvalue weighted by molar-refractivity contribution is 6.33. The molecule has 0 amide bonds. The van der Waals surface area contributed by atoms with Gasteiger partial charge < -0.3 is 5.11 Å². The first-order valence-corrected chi connectivity index (χ1v) is 4.61. The van der Waals surface area contributed by atoms with Gasteiger partial charge in [-0.3, -0.25) is 0 Å². The molecular weight excluding hydrogens is 188 g/mol. The number of aromatic carboxylic acids is 1. The zero-order chi connectivity index (χ0) is 9.42. The van der Waals surface area contributed by atoms with E-state index in [0.29, 0.717) is 5.02 Å². The van der Waals surface area contributed by atoms with Crippen LogP contribution in [0.3, 0.4) is 0 Å². The Morgan fingerprint density at radius 2 is 1.92 bits per heavy atom. The van der Waals surface area contributed by atoms with E-state index in [1.807, 2.05) is 0 Å². The molecular formula is C10H9ClO2. The zero-order valence-corrected chi connectivity index (χ0v) is 7.77. The van der Waals surface area contributed by atoms with Crippen LogP contribution in [0.15, 0.2) is 12.1 Å². The number of benzene rings is 1. The van der Waals surface area contributed by atoms with Gasteiger partial charge >= 0.3 is 5.97 Å². The summed E-state index contributed by atoms with van der Waals surface area (Å²) in [5.41, 5.74) is 2.57. The van der Waals surface area contributed by atoms with Gasteiger partial charge in [-0.2, -0.15) is 0 Å². The van der Waals surface area contributed by atoms with Crippen LogP contribution in [0.4, 0.5) is 0 Å². The fraction of sp³-hybridized carbons (Fsp3) is 0.300. The number of hydrogen-bond acceptors (Lipinski definition) is 1. The van der Waals surface area contributed by atoms with E-state index in [1.165, 1.54) is 5.56 Å². The van der Waals surface area contributed by atoms with Gasteiger partial charge in [-0.25, -0.2) is 4.79 Å². The van der Waals surface area contributed by atoms with Gasteiger partial charge in [0.2, 0.25) is 0 Å². The lowest BCUT2D eigenvalue weighted by Gasteiger charge is -2.03. The molecule has 2 nitrogen and oxygen atoms in total. The summed E-state index contributed by atoms with van der Waals surface area (Å²) in [7, 11) is 0. The maximum absolute atomic E-state index is 10.7. The van der Waals surface area contributed by atoms with Crippen LogP contribution in [0.1, 0.15) is 27.9 Å². The summed E-state index contributed by atoms with van der Waals surface area (Å²) in [6, 6.07) is 3.49. The molecule has 2 rings (SSSR count). The molecule has 1 aliphatic rings. The Morgan fingerprint density at radius 3 is 2.54 bits per heavy atom. The van der Waals surface area contributed by atoms with Crippen molar-refractivity contribution >= 4 is 17.6 Å². The summed E-state index contributed by atoms with van der Waals surface area (Å²) in [5.74, 6) is -0.945. The molecule has 0 aliphatic heterocycles. The summed E-state index contributed by atoms with van der Waals surface area (Å²) in [4.78, 5) is 10.7. The number of rotatable bonds is 1. The highest BCUT2D eigenvalue weighted by Crippen LogP contribution is 2.28. The second-order valence-electron chi connectivity index (χ2n) is 3.26. The van der Waals surface area contributed by atoms with Gasteiger partial charge in [0.25, 0.3) is 0 Å². The molecule has 0 atom stereocenters. The maximum atomic E-state index is 10.7. The van der Waals surface area contributed by atoms with Crippen LogP contribution in [0.5, 0.6) is 0 Å². The minimum absolute atomic E-state index is 0.224. The molecule has 0 unspecified atom stereocenters. The fourth-order valence-corrected chi connectivity index (χ4v) is 2.03. The molecule has 0 saturated heterocycles. The van der Waals surface area contributed by atoms with E-state index in [-0.39, 0.29) is 5.56 Å². The predicted octanol–water partition coefficient (Wildman–Crippen LogP) is 2.53. The lowest BCUT2D eigenvalue weighted by atomic mass is 10.1. The molecule has 0 heterocycles. The number of carboxylic acids is 1. The van der Waals surface area contributed by atoms with Gasteiger partial charge in [-0.05, 0) is 42.5 Å². The van der Waals surface area contributed by atoms with E-state index in [2.05, 4.69) is 0 Å². The molecule has 0 aromatic heterocycles. The normalized spacial score (nSPS) is 14.2. The molecule has 0 bridgehead atoms. The molecule has 1 N–H and O–H groups in total. The van der Waals surface area contributed by atoms with E-state index >= 15 is 0 Å². The quantitative estimate of drug-likeness (QED) is 0.750. The number of carbonyl (C=O) groups is 1. The average molecular weight is 197 g/mol. The van der Waals surface area contributed by atoms with Crippen molar-refractivity contribution in [2.24, 2.45) is 0 Å². The molecule has 68 valence electrons. The number of fused-ring (bicyclic) bond motifs is 1. The van der Waals surface area contributed by atoms with Crippen molar-refractivity contribution < 1.29 is 9.90 Å². The van der Waals surface area contributed by atoms with Crippen LogP contribution in [0.25, 0.3) is 0 Å². The largest absolute Gasteiger partial charge is 0.478 e. The highest BCUT2D eigenvalue weighted by atomic mass is 35.5. The highest BCUT2D eigenvalue weighted by Gasteiger charge is 2.16. The number of carboxylic acid groups (broad SMARTS) is 1. The number of halogens is 1.